The summed E-state index contributed by atoms with van der Waals surface area (Å²) in [5.74, 6) is 0.830. The molecule has 2 aromatic heterocycles. The van der Waals surface area contributed by atoms with E-state index in [4.69, 9.17) is 5.73 Å². The molecule has 0 aliphatic rings. The zero-order valence-corrected chi connectivity index (χ0v) is 8.23. The maximum atomic E-state index is 5.71. The molecule has 0 fully saturated rings. The minimum Gasteiger partial charge on any atom is -0.382 e. The summed E-state index contributed by atoms with van der Waals surface area (Å²) in [4.78, 5) is 12.4. The summed E-state index contributed by atoms with van der Waals surface area (Å²) in [5, 5.41) is 0. The third-order valence-corrected chi connectivity index (χ3v) is 2.12. The molecule has 0 saturated heterocycles. The molecule has 0 atom stereocenters. The van der Waals surface area contributed by atoms with Crippen molar-refractivity contribution in [3.8, 4) is 0 Å². The van der Waals surface area contributed by atoms with E-state index in [1.807, 2.05) is 12.1 Å². The van der Waals surface area contributed by atoms with Crippen LogP contribution >= 0.6 is 0 Å². The molecular formula is C10H12N4. The first-order valence-electron chi connectivity index (χ1n) is 4.55. The van der Waals surface area contributed by atoms with Crippen LogP contribution in [0.4, 0.5) is 5.82 Å². The number of aromatic nitrogens is 3. The Bertz CT molecular complexity index is 465. The molecule has 0 aliphatic heterocycles. The second-order valence-electron chi connectivity index (χ2n) is 3.52. The van der Waals surface area contributed by atoms with E-state index < -0.39 is 0 Å². The molecule has 4 nitrogen and oxygen atoms in total. The van der Waals surface area contributed by atoms with E-state index >= 15 is 0 Å². The maximum absolute atomic E-state index is 5.71. The topological polar surface area (TPSA) is 64.7 Å². The second kappa shape index (κ2) is 3.21. The monoisotopic (exact) mass is 188 g/mol. The van der Waals surface area contributed by atoms with E-state index in [1.54, 1.807) is 0 Å². The number of nitrogens with two attached hydrogens (primary N) is 1. The third-order valence-electron chi connectivity index (χ3n) is 2.12. The van der Waals surface area contributed by atoms with Crippen molar-refractivity contribution in [2.24, 2.45) is 0 Å². The van der Waals surface area contributed by atoms with E-state index in [0.29, 0.717) is 17.3 Å². The fourth-order valence-corrected chi connectivity index (χ4v) is 1.30. The first-order valence-corrected chi connectivity index (χ1v) is 4.55. The summed E-state index contributed by atoms with van der Waals surface area (Å²) in [6, 6.07) is 3.90. The van der Waals surface area contributed by atoms with E-state index in [9.17, 15) is 0 Å². The van der Waals surface area contributed by atoms with Crippen molar-refractivity contribution in [2.75, 3.05) is 5.73 Å². The van der Waals surface area contributed by atoms with Crippen molar-refractivity contribution in [3.05, 3.63) is 24.2 Å². The van der Waals surface area contributed by atoms with Crippen LogP contribution in [0.3, 0.4) is 0 Å². The molecule has 4 heteroatoms. The van der Waals surface area contributed by atoms with Crippen molar-refractivity contribution in [3.63, 3.8) is 0 Å². The molecule has 2 heterocycles. The van der Waals surface area contributed by atoms with Gasteiger partial charge in [-0.2, -0.15) is 0 Å². The first kappa shape index (κ1) is 8.87. The predicted molar refractivity (Wildman–Crippen MR) is 55.8 cm³/mol. The van der Waals surface area contributed by atoms with Crippen LogP contribution < -0.4 is 5.73 Å². The average Bonchev–Trinajstić information content (AvgIpc) is 2.18. The van der Waals surface area contributed by atoms with Gasteiger partial charge >= 0.3 is 0 Å². The summed E-state index contributed by atoms with van der Waals surface area (Å²) in [5.41, 5.74) is 8.21. The molecule has 0 bridgehead atoms. The summed E-state index contributed by atoms with van der Waals surface area (Å²) in [6.45, 7) is 4.18. The van der Waals surface area contributed by atoms with Gasteiger partial charge in [0.25, 0.3) is 0 Å². The molecular weight excluding hydrogens is 176 g/mol. The molecule has 0 saturated carbocycles. The van der Waals surface area contributed by atoms with E-state index in [2.05, 4.69) is 28.8 Å². The molecule has 0 spiro atoms. The van der Waals surface area contributed by atoms with Crippen LogP contribution in [-0.4, -0.2) is 15.0 Å². The molecule has 2 N–H and O–H groups in total. The molecule has 2 aromatic rings. The lowest BCUT2D eigenvalue weighted by Gasteiger charge is -2.05. The van der Waals surface area contributed by atoms with Gasteiger partial charge in [-0.15, -0.1) is 0 Å². The minimum absolute atomic E-state index is 0.388. The average molecular weight is 188 g/mol. The van der Waals surface area contributed by atoms with Gasteiger partial charge in [0.1, 0.15) is 11.8 Å². The number of nitrogens with zero attached hydrogens (tertiary/aromatic N) is 3. The van der Waals surface area contributed by atoms with Gasteiger partial charge in [0.2, 0.25) is 0 Å². The molecule has 0 aliphatic carbocycles. The zero-order valence-electron chi connectivity index (χ0n) is 8.23. The van der Waals surface area contributed by atoms with E-state index in [1.165, 1.54) is 6.33 Å². The largest absolute Gasteiger partial charge is 0.382 e. The molecule has 0 radical (unpaired) electrons. The van der Waals surface area contributed by atoms with Gasteiger partial charge in [-0.25, -0.2) is 15.0 Å². The number of rotatable bonds is 1. The fraction of sp³-hybridized carbons (Fsp3) is 0.300. The normalized spacial score (nSPS) is 11.1. The highest BCUT2D eigenvalue weighted by Crippen LogP contribution is 2.18. The number of hydrogen-bond acceptors (Lipinski definition) is 4. The quantitative estimate of drug-likeness (QED) is 0.740. The standard InChI is InChI=1S/C10H12N4/c1-6(2)7-3-4-8-9(14-7)10(11)13-5-12-8/h3-6H,1-2H3,(H2,11,12,13). The Balaban J connectivity index is 2.70. The Morgan fingerprint density at radius 1 is 1.21 bits per heavy atom. The number of fused-ring (bicyclic) bond motifs is 1. The number of nitrogen functional groups attached to an aromatic ring is 1. The second-order valence-corrected chi connectivity index (χ2v) is 3.52. The van der Waals surface area contributed by atoms with Crippen molar-refractivity contribution in [1.29, 1.82) is 0 Å². The Labute approximate surface area is 82.2 Å². The van der Waals surface area contributed by atoms with Crippen LogP contribution in [0.15, 0.2) is 18.5 Å². The fourth-order valence-electron chi connectivity index (χ4n) is 1.30. The van der Waals surface area contributed by atoms with Crippen molar-refractivity contribution in [1.82, 2.24) is 15.0 Å². The summed E-state index contributed by atoms with van der Waals surface area (Å²) >= 11 is 0. The lowest BCUT2D eigenvalue weighted by atomic mass is 10.1. The highest BCUT2D eigenvalue weighted by Gasteiger charge is 2.05. The molecule has 72 valence electrons. The number of hydrogen-bond donors (Lipinski definition) is 1. The van der Waals surface area contributed by atoms with E-state index in [0.717, 1.165) is 11.2 Å². The molecule has 0 aromatic carbocycles. The van der Waals surface area contributed by atoms with Crippen molar-refractivity contribution >= 4 is 16.9 Å². The Hall–Kier alpha value is -1.71. The molecule has 0 unspecified atom stereocenters. The summed E-state index contributed by atoms with van der Waals surface area (Å²) in [7, 11) is 0. The van der Waals surface area contributed by atoms with Gasteiger partial charge < -0.3 is 5.73 Å². The number of pyridine rings is 1. The van der Waals surface area contributed by atoms with Gasteiger partial charge in [-0.1, -0.05) is 13.8 Å². The minimum atomic E-state index is 0.388. The first-order chi connectivity index (χ1) is 6.68. The summed E-state index contributed by atoms with van der Waals surface area (Å²) in [6.07, 6.45) is 1.45. The highest BCUT2D eigenvalue weighted by molar-refractivity contribution is 5.83. The van der Waals surface area contributed by atoms with Crippen LogP contribution in [0.25, 0.3) is 11.0 Å². The van der Waals surface area contributed by atoms with Crippen LogP contribution in [-0.2, 0) is 0 Å². The predicted octanol–water partition coefficient (Wildman–Crippen LogP) is 1.73. The SMILES string of the molecule is CC(C)c1ccc2ncnc(N)c2n1. The van der Waals surface area contributed by atoms with Crippen molar-refractivity contribution in [2.45, 2.75) is 19.8 Å². The Kier molecular flexibility index (Phi) is 2.04. The Morgan fingerprint density at radius 2 is 2.00 bits per heavy atom. The maximum Gasteiger partial charge on any atom is 0.153 e. The van der Waals surface area contributed by atoms with Crippen LogP contribution in [0.5, 0.6) is 0 Å². The van der Waals surface area contributed by atoms with Gasteiger partial charge in [-0.05, 0) is 18.1 Å². The van der Waals surface area contributed by atoms with Crippen LogP contribution in [0.2, 0.25) is 0 Å². The Morgan fingerprint density at radius 3 is 2.71 bits per heavy atom. The van der Waals surface area contributed by atoms with Gasteiger partial charge in [0.05, 0.1) is 5.52 Å². The molecule has 14 heavy (non-hydrogen) atoms. The van der Waals surface area contributed by atoms with Crippen LogP contribution in [0.1, 0.15) is 25.5 Å². The third kappa shape index (κ3) is 1.39. The zero-order chi connectivity index (χ0) is 10.1. The van der Waals surface area contributed by atoms with E-state index in [-0.39, 0.29) is 0 Å². The lowest BCUT2D eigenvalue weighted by Crippen LogP contribution is -1.98. The van der Waals surface area contributed by atoms with Gasteiger partial charge in [0.15, 0.2) is 5.82 Å². The van der Waals surface area contributed by atoms with Crippen LogP contribution in [0, 0.1) is 0 Å². The summed E-state index contributed by atoms with van der Waals surface area (Å²) < 4.78 is 0. The highest BCUT2D eigenvalue weighted by atomic mass is 14.9. The molecule has 0 amide bonds. The van der Waals surface area contributed by atoms with Gasteiger partial charge in [-0.3, -0.25) is 0 Å². The van der Waals surface area contributed by atoms with Crippen molar-refractivity contribution < 1.29 is 0 Å². The number of anilines is 1. The lowest BCUT2D eigenvalue weighted by molar-refractivity contribution is 0.829. The smallest absolute Gasteiger partial charge is 0.153 e. The van der Waals surface area contributed by atoms with Gasteiger partial charge in [0, 0.05) is 5.69 Å². The molecule has 2 rings (SSSR count).